The highest BCUT2D eigenvalue weighted by atomic mass is 79.9. The van der Waals surface area contributed by atoms with Crippen molar-refractivity contribution >= 4 is 27.4 Å². The van der Waals surface area contributed by atoms with Crippen molar-refractivity contribution in [2.24, 2.45) is 5.92 Å². The molecule has 15 heavy (non-hydrogen) atoms. The van der Waals surface area contributed by atoms with Gasteiger partial charge in [0.2, 0.25) is 0 Å². The molecule has 1 aromatic heterocycles. The minimum Gasteiger partial charge on any atom is -0.382 e. The summed E-state index contributed by atoms with van der Waals surface area (Å²) >= 11 is 3.43. The van der Waals surface area contributed by atoms with Crippen LogP contribution in [0.5, 0.6) is 0 Å². The predicted molar refractivity (Wildman–Crippen MR) is 67.3 cm³/mol. The monoisotopic (exact) mass is 269 g/mol. The highest BCUT2D eigenvalue weighted by molar-refractivity contribution is 9.10. The van der Waals surface area contributed by atoms with Gasteiger partial charge < -0.3 is 10.6 Å². The fourth-order valence-corrected chi connectivity index (χ4v) is 2.23. The molecule has 0 amide bonds. The van der Waals surface area contributed by atoms with E-state index in [2.05, 4.69) is 44.5 Å². The maximum atomic E-state index is 4.35. The SMILES string of the molecule is CCCC1CNc2cc(Br)cnc2NC1. The average Bonchev–Trinajstić information content (AvgIpc) is 2.42. The molecule has 4 heteroatoms. The van der Waals surface area contributed by atoms with Gasteiger partial charge in [-0.05, 0) is 34.3 Å². The Labute approximate surface area is 98.8 Å². The number of fused-ring (bicyclic) bond motifs is 1. The molecule has 1 unspecified atom stereocenters. The van der Waals surface area contributed by atoms with Crippen molar-refractivity contribution in [1.82, 2.24) is 4.98 Å². The Kier molecular flexibility index (Phi) is 3.46. The molecule has 3 nitrogen and oxygen atoms in total. The Hall–Kier alpha value is -0.770. The Bertz CT molecular complexity index is 341. The fourth-order valence-electron chi connectivity index (χ4n) is 1.89. The molecule has 0 aromatic carbocycles. The number of nitrogens with zero attached hydrogens (tertiary/aromatic N) is 1. The third kappa shape index (κ3) is 2.62. The molecule has 1 aliphatic rings. The maximum absolute atomic E-state index is 4.35. The van der Waals surface area contributed by atoms with E-state index in [-0.39, 0.29) is 0 Å². The highest BCUT2D eigenvalue weighted by Gasteiger charge is 2.15. The lowest BCUT2D eigenvalue weighted by atomic mass is 10.0. The molecule has 0 saturated heterocycles. The van der Waals surface area contributed by atoms with E-state index in [1.807, 2.05) is 6.20 Å². The summed E-state index contributed by atoms with van der Waals surface area (Å²) in [5.41, 5.74) is 1.10. The van der Waals surface area contributed by atoms with Gasteiger partial charge in [-0.15, -0.1) is 0 Å². The molecule has 2 heterocycles. The van der Waals surface area contributed by atoms with Gasteiger partial charge in [0.15, 0.2) is 0 Å². The van der Waals surface area contributed by atoms with Crippen LogP contribution in [0.4, 0.5) is 11.5 Å². The predicted octanol–water partition coefficient (Wildman–Crippen LogP) is 3.10. The van der Waals surface area contributed by atoms with Crippen LogP contribution in [0, 0.1) is 5.92 Å². The van der Waals surface area contributed by atoms with Crippen LogP contribution < -0.4 is 10.6 Å². The van der Waals surface area contributed by atoms with Crippen molar-refractivity contribution < 1.29 is 0 Å². The van der Waals surface area contributed by atoms with Crippen molar-refractivity contribution in [3.8, 4) is 0 Å². The molecule has 82 valence electrons. The zero-order valence-corrected chi connectivity index (χ0v) is 10.5. The van der Waals surface area contributed by atoms with Crippen LogP contribution >= 0.6 is 15.9 Å². The molecule has 1 aromatic rings. The van der Waals surface area contributed by atoms with E-state index >= 15 is 0 Å². The molecule has 1 aliphatic heterocycles. The van der Waals surface area contributed by atoms with Crippen LogP contribution in [0.2, 0.25) is 0 Å². The van der Waals surface area contributed by atoms with Crippen molar-refractivity contribution in [2.75, 3.05) is 23.7 Å². The van der Waals surface area contributed by atoms with Crippen molar-refractivity contribution in [3.05, 3.63) is 16.7 Å². The molecule has 0 bridgehead atoms. The zero-order valence-electron chi connectivity index (χ0n) is 8.89. The van der Waals surface area contributed by atoms with Crippen LogP contribution in [0.1, 0.15) is 19.8 Å². The first-order valence-corrected chi connectivity index (χ1v) is 6.22. The van der Waals surface area contributed by atoms with Gasteiger partial charge in [0.05, 0.1) is 5.69 Å². The largest absolute Gasteiger partial charge is 0.382 e. The summed E-state index contributed by atoms with van der Waals surface area (Å²) in [6.45, 7) is 4.28. The smallest absolute Gasteiger partial charge is 0.149 e. The second-order valence-electron chi connectivity index (χ2n) is 3.97. The third-order valence-electron chi connectivity index (χ3n) is 2.69. The normalized spacial score (nSPS) is 19.7. The number of anilines is 2. The lowest BCUT2D eigenvalue weighted by molar-refractivity contribution is 0.531. The van der Waals surface area contributed by atoms with Crippen LogP contribution in [0.25, 0.3) is 0 Å². The molecule has 0 radical (unpaired) electrons. The lowest BCUT2D eigenvalue weighted by Crippen LogP contribution is -2.18. The number of hydrogen-bond donors (Lipinski definition) is 2. The van der Waals surface area contributed by atoms with Gasteiger partial charge in [-0.25, -0.2) is 4.98 Å². The number of aromatic nitrogens is 1. The second kappa shape index (κ2) is 4.84. The molecule has 0 fully saturated rings. The average molecular weight is 270 g/mol. The quantitative estimate of drug-likeness (QED) is 0.867. The minimum absolute atomic E-state index is 0.697. The highest BCUT2D eigenvalue weighted by Crippen LogP contribution is 2.26. The van der Waals surface area contributed by atoms with E-state index in [1.54, 1.807) is 0 Å². The number of pyridine rings is 1. The van der Waals surface area contributed by atoms with Crippen molar-refractivity contribution in [1.29, 1.82) is 0 Å². The van der Waals surface area contributed by atoms with Crippen LogP contribution in [0.15, 0.2) is 16.7 Å². The van der Waals surface area contributed by atoms with Gasteiger partial charge >= 0.3 is 0 Å². The summed E-state index contributed by atoms with van der Waals surface area (Å²) in [5.74, 6) is 1.67. The summed E-state index contributed by atoms with van der Waals surface area (Å²) in [5, 5.41) is 6.84. The molecular formula is C11H16BrN3. The standard InChI is InChI=1S/C11H16BrN3/c1-2-3-8-5-13-10-4-9(12)7-15-11(10)14-6-8/h4,7-8,13H,2-3,5-6H2,1H3,(H,14,15). The number of halogens is 1. The van der Waals surface area contributed by atoms with Crippen LogP contribution in [0.3, 0.4) is 0 Å². The second-order valence-corrected chi connectivity index (χ2v) is 4.88. The van der Waals surface area contributed by atoms with Gasteiger partial charge in [-0.2, -0.15) is 0 Å². The molecule has 2 rings (SSSR count). The summed E-state index contributed by atoms with van der Waals surface area (Å²) in [6, 6.07) is 2.07. The van der Waals surface area contributed by atoms with Gasteiger partial charge in [-0.3, -0.25) is 0 Å². The Morgan fingerprint density at radius 3 is 3.07 bits per heavy atom. The lowest BCUT2D eigenvalue weighted by Gasteiger charge is -2.12. The van der Waals surface area contributed by atoms with Gasteiger partial charge in [-0.1, -0.05) is 13.3 Å². The van der Waals surface area contributed by atoms with E-state index in [0.29, 0.717) is 5.92 Å². The summed E-state index contributed by atoms with van der Waals surface area (Å²) < 4.78 is 1.02. The fraction of sp³-hybridized carbons (Fsp3) is 0.545. The Morgan fingerprint density at radius 1 is 1.47 bits per heavy atom. The molecule has 1 atom stereocenters. The van der Waals surface area contributed by atoms with Crippen LogP contribution in [-0.4, -0.2) is 18.1 Å². The van der Waals surface area contributed by atoms with Crippen molar-refractivity contribution in [2.45, 2.75) is 19.8 Å². The molecule has 0 aliphatic carbocycles. The third-order valence-corrected chi connectivity index (χ3v) is 3.12. The van der Waals surface area contributed by atoms with Gasteiger partial charge in [0.1, 0.15) is 5.82 Å². The van der Waals surface area contributed by atoms with Gasteiger partial charge in [0, 0.05) is 23.8 Å². The van der Waals surface area contributed by atoms with E-state index in [0.717, 1.165) is 29.1 Å². The van der Waals surface area contributed by atoms with E-state index in [9.17, 15) is 0 Å². The number of rotatable bonds is 2. The van der Waals surface area contributed by atoms with Gasteiger partial charge in [0.25, 0.3) is 0 Å². The van der Waals surface area contributed by atoms with E-state index in [1.165, 1.54) is 12.8 Å². The first kappa shape index (κ1) is 10.7. The molecule has 0 spiro atoms. The molecule has 2 N–H and O–H groups in total. The maximum Gasteiger partial charge on any atom is 0.149 e. The topological polar surface area (TPSA) is 37.0 Å². The zero-order chi connectivity index (χ0) is 10.7. The van der Waals surface area contributed by atoms with Crippen LogP contribution in [-0.2, 0) is 0 Å². The number of hydrogen-bond acceptors (Lipinski definition) is 3. The first-order chi connectivity index (χ1) is 7.29. The Balaban J connectivity index is 2.11. The Morgan fingerprint density at radius 2 is 2.27 bits per heavy atom. The first-order valence-electron chi connectivity index (χ1n) is 5.43. The molecule has 0 saturated carbocycles. The van der Waals surface area contributed by atoms with Crippen molar-refractivity contribution in [3.63, 3.8) is 0 Å². The summed E-state index contributed by atoms with van der Waals surface area (Å²) in [4.78, 5) is 4.35. The summed E-state index contributed by atoms with van der Waals surface area (Å²) in [6.07, 6.45) is 4.32. The molecular weight excluding hydrogens is 254 g/mol. The van der Waals surface area contributed by atoms with E-state index < -0.39 is 0 Å². The minimum atomic E-state index is 0.697. The number of nitrogens with one attached hydrogen (secondary N) is 2. The summed E-state index contributed by atoms with van der Waals surface area (Å²) in [7, 11) is 0. The van der Waals surface area contributed by atoms with E-state index in [4.69, 9.17) is 0 Å².